The number of rotatable bonds is 7. The molecule has 1 N–H and O–H groups in total. The van der Waals surface area contributed by atoms with Crippen molar-refractivity contribution in [3.05, 3.63) is 79.2 Å². The molecular formula is C20H18ClFN4O3S. The Morgan fingerprint density at radius 3 is 2.83 bits per heavy atom. The first-order chi connectivity index (χ1) is 14.4. The van der Waals surface area contributed by atoms with E-state index in [0.29, 0.717) is 23.7 Å². The van der Waals surface area contributed by atoms with Crippen LogP contribution in [-0.4, -0.2) is 27.7 Å². The summed E-state index contributed by atoms with van der Waals surface area (Å²) in [7, 11) is 0. The molecule has 1 aromatic heterocycles. The molecule has 0 radical (unpaired) electrons. The number of nitrogens with zero attached hydrogens (tertiary/aromatic N) is 3. The molecule has 7 nitrogen and oxygen atoms in total. The third-order valence-electron chi connectivity index (χ3n) is 4.04. The molecule has 156 valence electrons. The normalized spacial score (nSPS) is 11.1. The minimum Gasteiger partial charge on any atom is -0.490 e. The Bertz CT molecular complexity index is 1190. The van der Waals surface area contributed by atoms with Crippen molar-refractivity contribution in [2.45, 2.75) is 20.5 Å². The highest BCUT2D eigenvalue weighted by atomic mass is 35.5. The maximum absolute atomic E-state index is 14.0. The van der Waals surface area contributed by atoms with Crippen molar-refractivity contribution in [1.82, 2.24) is 14.9 Å². The summed E-state index contributed by atoms with van der Waals surface area (Å²) < 4.78 is 26.4. The second-order valence-corrected chi connectivity index (χ2v) is 6.90. The minimum absolute atomic E-state index is 0.0557. The number of aryl methyl sites for hydroxylation is 1. The lowest BCUT2D eigenvalue weighted by Crippen LogP contribution is -2.22. The zero-order valence-electron chi connectivity index (χ0n) is 16.2. The first-order valence-corrected chi connectivity index (χ1v) is 9.74. The van der Waals surface area contributed by atoms with Gasteiger partial charge in [0.25, 0.3) is 5.56 Å². The van der Waals surface area contributed by atoms with Gasteiger partial charge in [-0.15, -0.1) is 0 Å². The molecular weight excluding hydrogens is 431 g/mol. The zero-order valence-corrected chi connectivity index (χ0v) is 17.8. The van der Waals surface area contributed by atoms with Gasteiger partial charge >= 0.3 is 0 Å². The standard InChI is InChI=1S/C20H18ClFN4O3S/c1-3-28-18-9-13(10-23-26-19(27)12(2)24-25-20(26)30)7-8-17(18)29-11-14-15(21)5-4-6-16(14)22/h4-10H,3,11H2,1-2H3,(H,25,30)/b23-10+. The molecule has 0 aliphatic heterocycles. The molecule has 2 aromatic carbocycles. The average Bonchev–Trinajstić information content (AvgIpc) is 2.72. The Morgan fingerprint density at radius 2 is 2.10 bits per heavy atom. The fourth-order valence-electron chi connectivity index (χ4n) is 2.51. The largest absolute Gasteiger partial charge is 0.490 e. The summed E-state index contributed by atoms with van der Waals surface area (Å²) >= 11 is 11.1. The predicted octanol–water partition coefficient (Wildman–Crippen LogP) is 4.26. The van der Waals surface area contributed by atoms with Crippen LogP contribution in [0.15, 0.2) is 46.3 Å². The molecule has 0 saturated heterocycles. The van der Waals surface area contributed by atoms with Crippen molar-refractivity contribution >= 4 is 30.0 Å². The van der Waals surface area contributed by atoms with Crippen LogP contribution in [0.4, 0.5) is 4.39 Å². The van der Waals surface area contributed by atoms with Crippen LogP contribution in [0, 0.1) is 17.5 Å². The fourth-order valence-corrected chi connectivity index (χ4v) is 2.91. The first-order valence-electron chi connectivity index (χ1n) is 8.96. The van der Waals surface area contributed by atoms with Gasteiger partial charge in [-0.25, -0.2) is 4.39 Å². The van der Waals surface area contributed by atoms with Crippen molar-refractivity contribution in [3.63, 3.8) is 0 Å². The molecule has 0 aliphatic rings. The maximum Gasteiger partial charge on any atom is 0.296 e. The molecule has 0 amide bonds. The van der Waals surface area contributed by atoms with Gasteiger partial charge in [0.15, 0.2) is 11.5 Å². The van der Waals surface area contributed by atoms with Gasteiger partial charge in [-0.2, -0.15) is 14.9 Å². The zero-order chi connectivity index (χ0) is 21.7. The van der Waals surface area contributed by atoms with Gasteiger partial charge in [-0.05, 0) is 62.0 Å². The Labute approximate surface area is 181 Å². The molecule has 0 saturated carbocycles. The molecule has 0 aliphatic carbocycles. The number of hydrogen-bond acceptors (Lipinski definition) is 6. The third-order valence-corrected chi connectivity index (χ3v) is 4.66. The summed E-state index contributed by atoms with van der Waals surface area (Å²) in [4.78, 5) is 12.1. The van der Waals surface area contributed by atoms with E-state index in [-0.39, 0.29) is 27.7 Å². The molecule has 0 bridgehead atoms. The van der Waals surface area contributed by atoms with E-state index >= 15 is 0 Å². The summed E-state index contributed by atoms with van der Waals surface area (Å²) in [6.45, 7) is 3.73. The van der Waals surface area contributed by atoms with Crippen LogP contribution in [0.25, 0.3) is 0 Å². The molecule has 0 spiro atoms. The highest BCUT2D eigenvalue weighted by Crippen LogP contribution is 2.30. The topological polar surface area (TPSA) is 81.5 Å². The van der Waals surface area contributed by atoms with Crippen molar-refractivity contribution < 1.29 is 13.9 Å². The molecule has 3 aromatic rings. The quantitative estimate of drug-likeness (QED) is 0.431. The molecule has 0 fully saturated rings. The van der Waals surface area contributed by atoms with Crippen LogP contribution in [0.2, 0.25) is 5.02 Å². The smallest absolute Gasteiger partial charge is 0.296 e. The van der Waals surface area contributed by atoms with Gasteiger partial charge < -0.3 is 9.47 Å². The molecule has 0 atom stereocenters. The van der Waals surface area contributed by atoms with Gasteiger partial charge in [0.05, 0.1) is 17.8 Å². The summed E-state index contributed by atoms with van der Waals surface area (Å²) in [6.07, 6.45) is 1.46. The van der Waals surface area contributed by atoms with Crippen LogP contribution >= 0.6 is 23.8 Å². The van der Waals surface area contributed by atoms with Crippen molar-refractivity contribution in [3.8, 4) is 11.5 Å². The lowest BCUT2D eigenvalue weighted by molar-refractivity contribution is 0.266. The number of aromatic nitrogens is 3. The summed E-state index contributed by atoms with van der Waals surface area (Å²) in [5.74, 6) is 0.415. The number of benzene rings is 2. The number of H-pyrrole nitrogens is 1. The van der Waals surface area contributed by atoms with Gasteiger partial charge in [-0.1, -0.05) is 17.7 Å². The van der Waals surface area contributed by atoms with E-state index in [0.717, 1.165) is 4.68 Å². The van der Waals surface area contributed by atoms with E-state index in [4.69, 9.17) is 33.3 Å². The summed E-state index contributed by atoms with van der Waals surface area (Å²) in [5.41, 5.74) is 0.729. The predicted molar refractivity (Wildman–Crippen MR) is 115 cm³/mol. The molecule has 0 unspecified atom stereocenters. The van der Waals surface area contributed by atoms with E-state index in [1.54, 1.807) is 31.2 Å². The highest BCUT2D eigenvalue weighted by molar-refractivity contribution is 7.71. The van der Waals surface area contributed by atoms with Gasteiger partial charge in [0.2, 0.25) is 4.77 Å². The average molecular weight is 449 g/mol. The summed E-state index contributed by atoms with van der Waals surface area (Å²) in [5, 5.41) is 10.8. The van der Waals surface area contributed by atoms with Crippen molar-refractivity contribution in [1.29, 1.82) is 0 Å². The lowest BCUT2D eigenvalue weighted by Gasteiger charge is -2.13. The van der Waals surface area contributed by atoms with Crippen LogP contribution in [0.3, 0.4) is 0 Å². The van der Waals surface area contributed by atoms with E-state index < -0.39 is 11.4 Å². The van der Waals surface area contributed by atoms with E-state index in [1.807, 2.05) is 6.92 Å². The van der Waals surface area contributed by atoms with E-state index in [9.17, 15) is 9.18 Å². The van der Waals surface area contributed by atoms with E-state index in [2.05, 4.69) is 15.3 Å². The Balaban J connectivity index is 1.86. The Morgan fingerprint density at radius 1 is 1.30 bits per heavy atom. The van der Waals surface area contributed by atoms with Crippen molar-refractivity contribution in [2.75, 3.05) is 6.61 Å². The monoisotopic (exact) mass is 448 g/mol. The van der Waals surface area contributed by atoms with Gasteiger partial charge in [0.1, 0.15) is 18.1 Å². The Kier molecular flexibility index (Phi) is 6.96. The first kappa shape index (κ1) is 21.7. The third kappa shape index (κ3) is 4.92. The van der Waals surface area contributed by atoms with Crippen LogP contribution in [-0.2, 0) is 6.61 Å². The van der Waals surface area contributed by atoms with Crippen LogP contribution in [0.5, 0.6) is 11.5 Å². The molecule has 3 rings (SSSR count). The number of halogens is 2. The number of nitrogens with one attached hydrogen (secondary N) is 1. The van der Waals surface area contributed by atoms with Crippen LogP contribution in [0.1, 0.15) is 23.7 Å². The fraction of sp³-hybridized carbons (Fsp3) is 0.200. The second kappa shape index (κ2) is 9.64. The van der Waals surface area contributed by atoms with Crippen molar-refractivity contribution in [2.24, 2.45) is 5.10 Å². The van der Waals surface area contributed by atoms with Gasteiger partial charge in [0, 0.05) is 5.56 Å². The second-order valence-electron chi connectivity index (χ2n) is 6.10. The molecule has 10 heteroatoms. The molecule has 1 heterocycles. The number of hydrogen-bond donors (Lipinski definition) is 1. The lowest BCUT2D eigenvalue weighted by atomic mass is 10.2. The van der Waals surface area contributed by atoms with Gasteiger partial charge in [-0.3, -0.25) is 9.89 Å². The van der Waals surface area contributed by atoms with Crippen LogP contribution < -0.4 is 15.0 Å². The summed E-state index contributed by atoms with van der Waals surface area (Å²) in [6, 6.07) is 9.53. The maximum atomic E-state index is 14.0. The highest BCUT2D eigenvalue weighted by Gasteiger charge is 2.11. The molecule has 30 heavy (non-hydrogen) atoms. The SMILES string of the molecule is CCOc1cc(/C=N/n2c(=S)[nH]nc(C)c2=O)ccc1OCc1c(F)cccc1Cl. The number of aromatic amines is 1. The minimum atomic E-state index is -0.446. The number of ether oxygens (including phenoxy) is 2. The Hall–Kier alpha value is -3.04. The van der Waals surface area contributed by atoms with E-state index in [1.165, 1.54) is 18.3 Å².